The average molecular weight is 1250 g/mol. The van der Waals surface area contributed by atoms with Crippen molar-refractivity contribution >= 4 is 11.9 Å². The standard InChI is InChI=1S/C83H155NO5/c1-3-5-7-9-11-13-15-17-19-20-42-46-49-53-57-61-65-69-73-77-83(88)89-78-74-70-66-62-58-54-50-47-44-41-39-37-35-33-31-29-27-25-23-21-22-24-26-28-30-32-34-36-38-40-43-45-48-52-56-60-64-68-72-76-82(87)84-80(79-85)81(86)75-71-67-63-59-55-51-18-16-14-12-10-8-6-4-2/h11,13,17,19,21-22,25,27,71,75,80-81,85-86H,3-10,12,14-16,18,20,23-24,26,28-70,72-74,76-79H2,1-2H3,(H,84,87)/b13-11-,19-17-,22-21-,27-25-,75-71+. The summed E-state index contributed by atoms with van der Waals surface area (Å²) in [6, 6.07) is -0.626. The maximum Gasteiger partial charge on any atom is 0.305 e. The van der Waals surface area contributed by atoms with E-state index >= 15 is 0 Å². The van der Waals surface area contributed by atoms with Gasteiger partial charge in [-0.3, -0.25) is 9.59 Å². The zero-order valence-corrected chi connectivity index (χ0v) is 59.9. The van der Waals surface area contributed by atoms with Gasteiger partial charge >= 0.3 is 5.97 Å². The lowest BCUT2D eigenvalue weighted by molar-refractivity contribution is -0.143. The Morgan fingerprint density at radius 1 is 0.315 bits per heavy atom. The number of carbonyl (C=O) groups is 2. The number of amides is 1. The van der Waals surface area contributed by atoms with Crippen LogP contribution in [-0.2, 0) is 14.3 Å². The van der Waals surface area contributed by atoms with Crippen LogP contribution in [0.3, 0.4) is 0 Å². The quantitative estimate of drug-likeness (QED) is 0.0320. The van der Waals surface area contributed by atoms with Crippen molar-refractivity contribution in [3.05, 3.63) is 60.8 Å². The first-order valence-corrected chi connectivity index (χ1v) is 40.1. The van der Waals surface area contributed by atoms with Crippen molar-refractivity contribution in [3.63, 3.8) is 0 Å². The van der Waals surface area contributed by atoms with Gasteiger partial charge < -0.3 is 20.3 Å². The van der Waals surface area contributed by atoms with E-state index in [0.717, 1.165) is 57.8 Å². The van der Waals surface area contributed by atoms with Crippen molar-refractivity contribution in [1.29, 1.82) is 0 Å². The monoisotopic (exact) mass is 1250 g/mol. The van der Waals surface area contributed by atoms with Crippen molar-refractivity contribution < 1.29 is 24.5 Å². The van der Waals surface area contributed by atoms with Gasteiger partial charge in [0.05, 0.1) is 25.4 Å². The minimum Gasteiger partial charge on any atom is -0.466 e. The maximum absolute atomic E-state index is 12.5. The molecule has 2 atom stereocenters. The minimum atomic E-state index is -0.842. The highest BCUT2D eigenvalue weighted by Gasteiger charge is 2.18. The molecule has 0 aromatic heterocycles. The Balaban J connectivity index is 3.35. The molecular formula is C83H155NO5. The van der Waals surface area contributed by atoms with Crippen molar-refractivity contribution in [1.82, 2.24) is 5.32 Å². The molecule has 89 heavy (non-hydrogen) atoms. The molecule has 6 nitrogen and oxygen atoms in total. The molecule has 6 heteroatoms. The fraction of sp³-hybridized carbons (Fsp3) is 0.855. The molecule has 0 bridgehead atoms. The third kappa shape index (κ3) is 74.5. The average Bonchev–Trinajstić information content (AvgIpc) is 3.68. The summed E-state index contributed by atoms with van der Waals surface area (Å²) in [6.07, 6.45) is 105. The lowest BCUT2D eigenvalue weighted by Gasteiger charge is -2.20. The molecule has 0 fully saturated rings. The number of nitrogens with one attached hydrogen (secondary N) is 1. The second-order valence-corrected chi connectivity index (χ2v) is 27.4. The number of aliphatic hydroxyl groups is 2. The molecule has 0 saturated carbocycles. The lowest BCUT2D eigenvalue weighted by atomic mass is 10.0. The van der Waals surface area contributed by atoms with Crippen molar-refractivity contribution in [3.8, 4) is 0 Å². The Labute approximate surface area is 556 Å². The van der Waals surface area contributed by atoms with Crippen LogP contribution in [0.15, 0.2) is 60.8 Å². The van der Waals surface area contributed by atoms with E-state index < -0.39 is 12.1 Å². The molecule has 0 radical (unpaired) electrons. The van der Waals surface area contributed by atoms with Crippen LogP contribution in [0.1, 0.15) is 431 Å². The molecule has 0 rings (SSSR count). The van der Waals surface area contributed by atoms with E-state index in [2.05, 4.69) is 67.8 Å². The zero-order valence-electron chi connectivity index (χ0n) is 59.9. The normalized spacial score (nSPS) is 12.8. The van der Waals surface area contributed by atoms with Gasteiger partial charge in [0.1, 0.15) is 0 Å². The topological polar surface area (TPSA) is 95.9 Å². The van der Waals surface area contributed by atoms with Gasteiger partial charge in [-0.25, -0.2) is 0 Å². The first kappa shape index (κ1) is 86.6. The van der Waals surface area contributed by atoms with E-state index in [1.54, 1.807) is 6.08 Å². The SMILES string of the molecule is CCCCC/C=C\C/C=C\CCCCCCCCCCCC(=O)OCCCCCCCCCCCCCCCCC/C=C\C/C=C\CCCCCCCCCCCCCCCCCCCC(=O)NC(CO)C(O)/C=C/CCCCCCCCCCCCCC. The Morgan fingerprint density at radius 3 is 0.876 bits per heavy atom. The van der Waals surface area contributed by atoms with Gasteiger partial charge in [0.2, 0.25) is 5.91 Å². The van der Waals surface area contributed by atoms with Crippen molar-refractivity contribution in [2.24, 2.45) is 0 Å². The number of aliphatic hydroxyl groups excluding tert-OH is 2. The van der Waals surface area contributed by atoms with E-state index in [9.17, 15) is 19.8 Å². The molecule has 522 valence electrons. The molecule has 0 aromatic rings. The number of rotatable bonds is 75. The summed E-state index contributed by atoms with van der Waals surface area (Å²) < 4.78 is 5.51. The van der Waals surface area contributed by atoms with Crippen LogP contribution in [0, 0.1) is 0 Å². The second kappa shape index (κ2) is 78.0. The van der Waals surface area contributed by atoms with Gasteiger partial charge in [-0.15, -0.1) is 0 Å². The first-order chi connectivity index (χ1) is 44.0. The second-order valence-electron chi connectivity index (χ2n) is 27.4. The number of esters is 1. The molecule has 0 saturated heterocycles. The highest BCUT2D eigenvalue weighted by molar-refractivity contribution is 5.76. The molecule has 2 unspecified atom stereocenters. The summed E-state index contributed by atoms with van der Waals surface area (Å²) in [5.74, 6) is -0.0466. The summed E-state index contributed by atoms with van der Waals surface area (Å²) in [5, 5.41) is 23.2. The van der Waals surface area contributed by atoms with Crippen LogP contribution in [0.5, 0.6) is 0 Å². The summed E-state index contributed by atoms with van der Waals surface area (Å²) in [4.78, 5) is 24.6. The lowest BCUT2D eigenvalue weighted by Crippen LogP contribution is -2.45. The van der Waals surface area contributed by atoms with Crippen LogP contribution in [-0.4, -0.2) is 47.4 Å². The van der Waals surface area contributed by atoms with Gasteiger partial charge in [-0.2, -0.15) is 0 Å². The van der Waals surface area contributed by atoms with Crippen LogP contribution in [0.2, 0.25) is 0 Å². The summed E-state index contributed by atoms with van der Waals surface area (Å²) >= 11 is 0. The Morgan fingerprint density at radius 2 is 0.562 bits per heavy atom. The predicted octanol–water partition coefficient (Wildman–Crippen LogP) is 26.5. The summed E-state index contributed by atoms with van der Waals surface area (Å²) in [6.45, 7) is 4.91. The van der Waals surface area contributed by atoms with Crippen molar-refractivity contribution in [2.75, 3.05) is 13.2 Å². The third-order valence-electron chi connectivity index (χ3n) is 18.5. The molecule has 0 spiro atoms. The van der Waals surface area contributed by atoms with Crippen molar-refractivity contribution in [2.45, 2.75) is 443 Å². The molecule has 0 aliphatic carbocycles. The van der Waals surface area contributed by atoms with Gasteiger partial charge in [0.15, 0.2) is 0 Å². The summed E-state index contributed by atoms with van der Waals surface area (Å²) in [7, 11) is 0. The number of ether oxygens (including phenoxy) is 1. The zero-order chi connectivity index (χ0) is 64.2. The Bertz CT molecular complexity index is 1530. The van der Waals surface area contributed by atoms with Gasteiger partial charge in [0, 0.05) is 12.8 Å². The Hall–Kier alpha value is -2.44. The highest BCUT2D eigenvalue weighted by Crippen LogP contribution is 2.19. The van der Waals surface area contributed by atoms with E-state index in [1.807, 2.05) is 6.08 Å². The number of hydrogen-bond donors (Lipinski definition) is 3. The van der Waals surface area contributed by atoms with E-state index in [4.69, 9.17) is 4.74 Å². The van der Waals surface area contributed by atoms with Crippen LogP contribution < -0.4 is 5.32 Å². The third-order valence-corrected chi connectivity index (χ3v) is 18.5. The van der Waals surface area contributed by atoms with Gasteiger partial charge in [-0.05, 0) is 96.3 Å². The predicted molar refractivity (Wildman–Crippen MR) is 393 cm³/mol. The highest BCUT2D eigenvalue weighted by atomic mass is 16.5. The molecule has 3 N–H and O–H groups in total. The van der Waals surface area contributed by atoms with Crippen LogP contribution in [0.25, 0.3) is 0 Å². The number of hydrogen-bond acceptors (Lipinski definition) is 5. The van der Waals surface area contributed by atoms with Crippen LogP contribution >= 0.6 is 0 Å². The largest absolute Gasteiger partial charge is 0.466 e. The fourth-order valence-electron chi connectivity index (χ4n) is 12.4. The summed E-state index contributed by atoms with van der Waals surface area (Å²) in [5.41, 5.74) is 0. The number of unbranched alkanes of at least 4 members (excludes halogenated alkanes) is 56. The molecule has 0 aliphatic rings. The Kier molecular flexibility index (Phi) is 75.9. The van der Waals surface area contributed by atoms with E-state index in [0.29, 0.717) is 19.4 Å². The molecule has 0 aliphatic heterocycles. The first-order valence-electron chi connectivity index (χ1n) is 40.1. The maximum atomic E-state index is 12.5. The molecule has 0 heterocycles. The number of allylic oxidation sites excluding steroid dienone is 9. The van der Waals surface area contributed by atoms with Crippen LogP contribution in [0.4, 0.5) is 0 Å². The molecular weight excluding hydrogens is 1090 g/mol. The smallest absolute Gasteiger partial charge is 0.305 e. The number of carbonyl (C=O) groups excluding carboxylic acids is 2. The fourth-order valence-corrected chi connectivity index (χ4v) is 12.4. The molecule has 1 amide bonds. The van der Waals surface area contributed by atoms with Gasteiger partial charge in [0.25, 0.3) is 0 Å². The van der Waals surface area contributed by atoms with Gasteiger partial charge in [-0.1, -0.05) is 383 Å². The van der Waals surface area contributed by atoms with E-state index in [-0.39, 0.29) is 18.5 Å². The molecule has 0 aromatic carbocycles. The minimum absolute atomic E-state index is 0.0166. The van der Waals surface area contributed by atoms with E-state index in [1.165, 1.54) is 347 Å².